The van der Waals surface area contributed by atoms with Gasteiger partial charge in [-0.1, -0.05) is 12.8 Å². The molecular formula is C14H21N5. The topological polar surface area (TPSA) is 61.7 Å². The highest BCUT2D eigenvalue weighted by atomic mass is 15.3. The predicted molar refractivity (Wildman–Crippen MR) is 75.8 cm³/mol. The molecule has 2 aromatic heterocycles. The monoisotopic (exact) mass is 259 g/mol. The third-order valence-electron chi connectivity index (χ3n) is 4.16. The molecule has 5 heteroatoms. The number of hydrogen-bond acceptors (Lipinski definition) is 3. The normalized spacial score (nSPS) is 16.4. The van der Waals surface area contributed by atoms with Gasteiger partial charge >= 0.3 is 0 Å². The largest absolute Gasteiger partial charge is 0.383 e. The molecule has 1 fully saturated rings. The molecule has 19 heavy (non-hydrogen) atoms. The van der Waals surface area contributed by atoms with Gasteiger partial charge in [-0.3, -0.25) is 4.68 Å². The second-order valence-corrected chi connectivity index (χ2v) is 5.55. The summed E-state index contributed by atoms with van der Waals surface area (Å²) in [5.41, 5.74) is 9.15. The number of rotatable bonds is 2. The summed E-state index contributed by atoms with van der Waals surface area (Å²) in [6, 6.07) is 0. The molecule has 0 unspecified atom stereocenters. The Labute approximate surface area is 113 Å². The molecule has 1 aliphatic rings. The summed E-state index contributed by atoms with van der Waals surface area (Å²) in [5, 5.41) is 4.38. The van der Waals surface area contributed by atoms with E-state index in [0.717, 1.165) is 28.6 Å². The van der Waals surface area contributed by atoms with Crippen LogP contribution in [0.3, 0.4) is 0 Å². The Hall–Kier alpha value is -1.78. The van der Waals surface area contributed by atoms with Gasteiger partial charge in [0.1, 0.15) is 17.3 Å². The lowest BCUT2D eigenvalue weighted by Crippen LogP contribution is -2.05. The fraction of sp³-hybridized carbons (Fsp3) is 0.571. The number of imidazole rings is 1. The number of aryl methyl sites for hydroxylation is 2. The number of nitrogen functional groups attached to an aromatic ring is 1. The van der Waals surface area contributed by atoms with Crippen molar-refractivity contribution in [1.82, 2.24) is 19.3 Å². The summed E-state index contributed by atoms with van der Waals surface area (Å²) in [6.45, 7) is 2.00. The molecule has 0 radical (unpaired) electrons. The molecule has 0 aromatic carbocycles. The van der Waals surface area contributed by atoms with Gasteiger partial charge in [0.2, 0.25) is 0 Å². The average Bonchev–Trinajstić information content (AvgIpc) is 3.04. The fourth-order valence-electron chi connectivity index (χ4n) is 3.11. The zero-order valence-corrected chi connectivity index (χ0v) is 11.8. The summed E-state index contributed by atoms with van der Waals surface area (Å²) in [6.07, 6.45) is 7.06. The molecule has 5 nitrogen and oxygen atoms in total. The summed E-state index contributed by atoms with van der Waals surface area (Å²) in [7, 11) is 3.94. The highest BCUT2D eigenvalue weighted by Crippen LogP contribution is 2.37. The summed E-state index contributed by atoms with van der Waals surface area (Å²) in [5.74, 6) is 2.45. The minimum Gasteiger partial charge on any atom is -0.383 e. The van der Waals surface area contributed by atoms with Crippen LogP contribution in [-0.2, 0) is 14.1 Å². The Morgan fingerprint density at radius 1 is 1.26 bits per heavy atom. The van der Waals surface area contributed by atoms with Gasteiger partial charge in [-0.15, -0.1) is 0 Å². The molecule has 0 aliphatic heterocycles. The number of anilines is 1. The lowest BCUT2D eigenvalue weighted by Gasteiger charge is -2.08. The van der Waals surface area contributed by atoms with Crippen LogP contribution in [0, 0.1) is 6.92 Å². The molecule has 2 N–H and O–H groups in total. The summed E-state index contributed by atoms with van der Waals surface area (Å²) >= 11 is 0. The van der Waals surface area contributed by atoms with Gasteiger partial charge in [-0.2, -0.15) is 5.10 Å². The highest BCUT2D eigenvalue weighted by Gasteiger charge is 2.25. The lowest BCUT2D eigenvalue weighted by atomic mass is 10.1. The van der Waals surface area contributed by atoms with Gasteiger partial charge in [0.15, 0.2) is 0 Å². The molecular weight excluding hydrogens is 238 g/mol. The maximum atomic E-state index is 6.24. The molecule has 1 aliphatic carbocycles. The van der Waals surface area contributed by atoms with Crippen molar-refractivity contribution in [3.05, 3.63) is 17.7 Å². The van der Waals surface area contributed by atoms with E-state index in [0.29, 0.717) is 5.92 Å². The van der Waals surface area contributed by atoms with E-state index in [4.69, 9.17) is 10.7 Å². The van der Waals surface area contributed by atoms with Crippen LogP contribution in [0.1, 0.15) is 43.1 Å². The van der Waals surface area contributed by atoms with Gasteiger partial charge in [-0.05, 0) is 19.8 Å². The number of hydrogen-bond donors (Lipinski definition) is 1. The van der Waals surface area contributed by atoms with E-state index in [9.17, 15) is 0 Å². The Kier molecular flexibility index (Phi) is 2.84. The second-order valence-electron chi connectivity index (χ2n) is 5.55. The molecule has 2 heterocycles. The van der Waals surface area contributed by atoms with Gasteiger partial charge in [-0.25, -0.2) is 4.98 Å². The first-order valence-electron chi connectivity index (χ1n) is 6.90. The molecule has 0 amide bonds. The van der Waals surface area contributed by atoms with Crippen LogP contribution in [0.5, 0.6) is 0 Å². The minimum absolute atomic E-state index is 0.568. The Bertz CT molecular complexity index is 602. The van der Waals surface area contributed by atoms with E-state index in [2.05, 4.69) is 9.67 Å². The molecule has 2 aromatic rings. The van der Waals surface area contributed by atoms with Crippen molar-refractivity contribution in [1.29, 1.82) is 0 Å². The molecule has 0 atom stereocenters. The van der Waals surface area contributed by atoms with Crippen molar-refractivity contribution in [2.24, 2.45) is 14.1 Å². The van der Waals surface area contributed by atoms with Crippen molar-refractivity contribution in [3.63, 3.8) is 0 Å². The van der Waals surface area contributed by atoms with Crippen molar-refractivity contribution in [3.8, 4) is 11.3 Å². The van der Waals surface area contributed by atoms with E-state index >= 15 is 0 Å². The van der Waals surface area contributed by atoms with Crippen molar-refractivity contribution < 1.29 is 0 Å². The lowest BCUT2D eigenvalue weighted by molar-refractivity contribution is 0.635. The van der Waals surface area contributed by atoms with Crippen LogP contribution in [0.4, 0.5) is 5.82 Å². The fourth-order valence-corrected chi connectivity index (χ4v) is 3.11. The maximum absolute atomic E-state index is 6.24. The van der Waals surface area contributed by atoms with Crippen LogP contribution in [0.2, 0.25) is 0 Å². The predicted octanol–water partition coefficient (Wildman–Crippen LogP) is 2.37. The molecule has 1 saturated carbocycles. The van der Waals surface area contributed by atoms with Crippen molar-refractivity contribution in [2.45, 2.75) is 38.5 Å². The number of aromatic nitrogens is 4. The van der Waals surface area contributed by atoms with Crippen LogP contribution in [-0.4, -0.2) is 19.3 Å². The Balaban J connectivity index is 2.07. The second kappa shape index (κ2) is 4.40. The van der Waals surface area contributed by atoms with Crippen molar-refractivity contribution in [2.75, 3.05) is 5.73 Å². The quantitative estimate of drug-likeness (QED) is 0.900. The minimum atomic E-state index is 0.568. The van der Waals surface area contributed by atoms with Crippen molar-refractivity contribution >= 4 is 5.82 Å². The van der Waals surface area contributed by atoms with E-state index < -0.39 is 0 Å². The first-order chi connectivity index (χ1) is 9.08. The number of nitrogens with zero attached hydrogens (tertiary/aromatic N) is 4. The van der Waals surface area contributed by atoms with E-state index in [-0.39, 0.29) is 0 Å². The molecule has 0 bridgehead atoms. The van der Waals surface area contributed by atoms with E-state index in [1.165, 1.54) is 25.7 Å². The van der Waals surface area contributed by atoms with Gasteiger partial charge < -0.3 is 10.3 Å². The van der Waals surface area contributed by atoms with Gasteiger partial charge in [0, 0.05) is 31.8 Å². The molecule has 3 rings (SSSR count). The Morgan fingerprint density at radius 2 is 1.95 bits per heavy atom. The standard InChI is InChI=1S/C14H21N5/c1-9-11(8-18(2)17-9)12-13(15)19(3)14(16-12)10-6-4-5-7-10/h8,10H,4-7,15H2,1-3H3. The van der Waals surface area contributed by atoms with Crippen LogP contribution in [0.25, 0.3) is 11.3 Å². The maximum Gasteiger partial charge on any atom is 0.131 e. The third-order valence-corrected chi connectivity index (χ3v) is 4.16. The summed E-state index contributed by atoms with van der Waals surface area (Å²) < 4.78 is 3.87. The van der Waals surface area contributed by atoms with E-state index in [1.807, 2.05) is 31.9 Å². The summed E-state index contributed by atoms with van der Waals surface area (Å²) in [4.78, 5) is 4.82. The van der Waals surface area contributed by atoms with Crippen LogP contribution >= 0.6 is 0 Å². The van der Waals surface area contributed by atoms with Gasteiger partial charge in [0.25, 0.3) is 0 Å². The SMILES string of the molecule is Cc1nn(C)cc1-c1nc(C2CCCC2)n(C)c1N. The zero-order valence-electron chi connectivity index (χ0n) is 11.8. The van der Waals surface area contributed by atoms with Gasteiger partial charge in [0.05, 0.1) is 5.69 Å². The van der Waals surface area contributed by atoms with Crippen LogP contribution in [0.15, 0.2) is 6.20 Å². The first kappa shape index (κ1) is 12.3. The molecule has 0 spiro atoms. The molecule has 102 valence electrons. The third kappa shape index (κ3) is 1.93. The highest BCUT2D eigenvalue weighted by molar-refractivity contribution is 5.72. The van der Waals surface area contributed by atoms with Crippen LogP contribution < -0.4 is 5.73 Å². The number of nitrogens with two attached hydrogens (primary N) is 1. The Morgan fingerprint density at radius 3 is 2.53 bits per heavy atom. The zero-order chi connectivity index (χ0) is 13.6. The molecule has 0 saturated heterocycles. The average molecular weight is 259 g/mol. The smallest absolute Gasteiger partial charge is 0.131 e. The van der Waals surface area contributed by atoms with E-state index in [1.54, 1.807) is 0 Å². The first-order valence-corrected chi connectivity index (χ1v) is 6.90.